The number of hydrogen-bond donors (Lipinski definition) is 0. The summed E-state index contributed by atoms with van der Waals surface area (Å²) in [6.07, 6.45) is 5.51. The van der Waals surface area contributed by atoms with Crippen LogP contribution < -0.4 is 9.47 Å². The van der Waals surface area contributed by atoms with E-state index < -0.39 is 30.7 Å². The molecule has 0 aliphatic rings. The minimum Gasteiger partial charge on any atom is -0.487 e. The Balaban J connectivity index is 0.872. The molecule has 0 saturated heterocycles. The average molecular weight is 1080 g/mol. The average Bonchev–Trinajstić information content (AvgIpc) is 3.44. The molecule has 0 heterocycles. The van der Waals surface area contributed by atoms with Crippen molar-refractivity contribution in [2.45, 2.75) is 135 Å². The molecule has 0 aliphatic heterocycles. The maximum absolute atomic E-state index is 13.9. The zero-order valence-corrected chi connectivity index (χ0v) is 47.4. The van der Waals surface area contributed by atoms with Gasteiger partial charge in [0.25, 0.3) is 0 Å². The van der Waals surface area contributed by atoms with Gasteiger partial charge in [0.05, 0.1) is 19.6 Å². The van der Waals surface area contributed by atoms with Crippen molar-refractivity contribution < 1.29 is 26.3 Å². The SMILES string of the molecule is CCC(C)(CC)c1ccc(S(=O)(=O)c2ccc(Oc3ccc(-c4ccc(OC(C)(CC)C(C)(CC)c5ccc(S(=O)(=O)c6ccc(Sc7ccc(Sc8ccc(SC)cc8)cc7)cc6)cc5)cc4)cc3)cc2)cc1. The highest BCUT2D eigenvalue weighted by Crippen LogP contribution is 2.44. The third-order valence-corrected chi connectivity index (χ3v) is 21.4. The van der Waals surface area contributed by atoms with E-state index >= 15 is 0 Å². The van der Waals surface area contributed by atoms with E-state index in [9.17, 15) is 16.8 Å². The molecule has 0 amide bonds. The van der Waals surface area contributed by atoms with E-state index in [-0.39, 0.29) is 25.0 Å². The smallest absolute Gasteiger partial charge is 0.206 e. The first kappa shape index (κ1) is 54.6. The van der Waals surface area contributed by atoms with Crippen molar-refractivity contribution in [1.29, 1.82) is 0 Å². The summed E-state index contributed by atoms with van der Waals surface area (Å²) >= 11 is 5.06. The normalized spacial score (nSPS) is 13.7. The zero-order valence-electron chi connectivity index (χ0n) is 43.3. The van der Waals surface area contributed by atoms with Crippen LogP contribution in [0.25, 0.3) is 11.1 Å². The van der Waals surface area contributed by atoms with Crippen molar-refractivity contribution in [3.63, 3.8) is 0 Å². The lowest BCUT2D eigenvalue weighted by Crippen LogP contribution is -2.51. The van der Waals surface area contributed by atoms with Gasteiger partial charge in [-0.1, -0.05) is 114 Å². The Hall–Kier alpha value is -5.69. The van der Waals surface area contributed by atoms with Crippen LogP contribution in [0.3, 0.4) is 0 Å². The first-order valence-corrected chi connectivity index (χ1v) is 30.9. The summed E-state index contributed by atoms with van der Waals surface area (Å²) in [5.74, 6) is 1.90. The fourth-order valence-corrected chi connectivity index (χ4v) is 13.7. The molecule has 6 nitrogen and oxygen atoms in total. The molecule has 2 unspecified atom stereocenters. The molecule has 0 spiro atoms. The summed E-state index contributed by atoms with van der Waals surface area (Å²) in [4.78, 5) is 6.62. The lowest BCUT2D eigenvalue weighted by molar-refractivity contribution is 0.00303. The van der Waals surface area contributed by atoms with Crippen molar-refractivity contribution in [3.05, 3.63) is 205 Å². The minimum atomic E-state index is -3.76. The Morgan fingerprint density at radius 1 is 0.378 bits per heavy atom. The van der Waals surface area contributed by atoms with E-state index in [2.05, 4.69) is 103 Å². The molecule has 0 aromatic heterocycles. The van der Waals surface area contributed by atoms with Crippen molar-refractivity contribution >= 4 is 55.0 Å². The molecule has 0 radical (unpaired) electrons. The first-order chi connectivity index (χ1) is 35.4. The van der Waals surface area contributed by atoms with E-state index in [1.54, 1.807) is 95.9 Å². The highest BCUT2D eigenvalue weighted by molar-refractivity contribution is 8.00. The van der Waals surface area contributed by atoms with Crippen LogP contribution in [0, 0.1) is 0 Å². The van der Waals surface area contributed by atoms with Gasteiger partial charge in [-0.15, -0.1) is 11.8 Å². The Kier molecular flexibility index (Phi) is 17.0. The van der Waals surface area contributed by atoms with Gasteiger partial charge in [0, 0.05) is 29.9 Å². The maximum Gasteiger partial charge on any atom is 0.206 e. The number of benzene rings is 8. The third kappa shape index (κ3) is 11.9. The van der Waals surface area contributed by atoms with Gasteiger partial charge in [-0.05, 0) is 212 Å². The summed E-state index contributed by atoms with van der Waals surface area (Å²) in [5, 5.41) is 0. The molecule has 0 bridgehead atoms. The highest BCUT2D eigenvalue weighted by Gasteiger charge is 2.46. The summed E-state index contributed by atoms with van der Waals surface area (Å²) in [6, 6.07) is 61.1. The number of hydrogen-bond acceptors (Lipinski definition) is 9. The van der Waals surface area contributed by atoms with Crippen LogP contribution in [0.4, 0.5) is 0 Å². The first-order valence-electron chi connectivity index (χ1n) is 25.0. The largest absolute Gasteiger partial charge is 0.487 e. The fraction of sp³-hybridized carbons (Fsp3) is 0.238. The fourth-order valence-electron chi connectivity index (χ4n) is 9.12. The molecule has 382 valence electrons. The molecule has 0 aliphatic carbocycles. The van der Waals surface area contributed by atoms with Gasteiger partial charge in [-0.3, -0.25) is 0 Å². The zero-order chi connectivity index (χ0) is 52.7. The van der Waals surface area contributed by atoms with Gasteiger partial charge in [0.1, 0.15) is 22.8 Å². The van der Waals surface area contributed by atoms with Crippen LogP contribution in [0.15, 0.2) is 238 Å². The van der Waals surface area contributed by atoms with Crippen LogP contribution in [0.5, 0.6) is 17.2 Å². The van der Waals surface area contributed by atoms with Crippen molar-refractivity contribution in [1.82, 2.24) is 0 Å². The molecule has 2 atom stereocenters. The van der Waals surface area contributed by atoms with E-state index in [0.717, 1.165) is 62.0 Å². The monoisotopic (exact) mass is 1080 g/mol. The number of rotatable bonds is 21. The molecule has 0 fully saturated rings. The van der Waals surface area contributed by atoms with E-state index in [4.69, 9.17) is 9.47 Å². The van der Waals surface area contributed by atoms with Gasteiger partial charge in [0.15, 0.2) is 0 Å². The topological polar surface area (TPSA) is 86.7 Å². The molecule has 8 aromatic carbocycles. The number of ether oxygens (including phenoxy) is 2. The van der Waals surface area contributed by atoms with Crippen molar-refractivity contribution in [2.24, 2.45) is 0 Å². The van der Waals surface area contributed by atoms with E-state index in [1.807, 2.05) is 84.9 Å². The van der Waals surface area contributed by atoms with Gasteiger partial charge in [-0.25, -0.2) is 16.8 Å². The van der Waals surface area contributed by atoms with Crippen LogP contribution in [-0.2, 0) is 30.5 Å². The predicted octanol–water partition coefficient (Wildman–Crippen LogP) is 17.8. The molecule has 0 N–H and O–H groups in total. The lowest BCUT2D eigenvalue weighted by atomic mass is 9.66. The van der Waals surface area contributed by atoms with E-state index in [1.165, 1.54) is 9.79 Å². The highest BCUT2D eigenvalue weighted by atomic mass is 32.2. The van der Waals surface area contributed by atoms with E-state index in [0.29, 0.717) is 17.9 Å². The van der Waals surface area contributed by atoms with Crippen LogP contribution in [-0.4, -0.2) is 28.7 Å². The molecule has 74 heavy (non-hydrogen) atoms. The Bertz CT molecular complexity index is 3360. The Morgan fingerprint density at radius 3 is 1.07 bits per heavy atom. The minimum absolute atomic E-state index is 0.0123. The van der Waals surface area contributed by atoms with Crippen LogP contribution in [0.1, 0.15) is 85.3 Å². The van der Waals surface area contributed by atoms with Gasteiger partial charge in [0.2, 0.25) is 19.7 Å². The summed E-state index contributed by atoms with van der Waals surface area (Å²) < 4.78 is 67.8. The Labute approximate surface area is 452 Å². The summed E-state index contributed by atoms with van der Waals surface area (Å²) in [6.45, 7) is 15.1. The number of thioether (sulfide) groups is 1. The predicted molar refractivity (Wildman–Crippen MR) is 306 cm³/mol. The van der Waals surface area contributed by atoms with Gasteiger partial charge in [-0.2, -0.15) is 0 Å². The lowest BCUT2D eigenvalue weighted by Gasteiger charge is -2.46. The van der Waals surface area contributed by atoms with Crippen LogP contribution in [0.2, 0.25) is 0 Å². The molecular formula is C63H64O6S5. The second kappa shape index (κ2) is 23.1. The van der Waals surface area contributed by atoms with Crippen molar-refractivity contribution in [3.8, 4) is 28.4 Å². The quantitative estimate of drug-likeness (QED) is 0.0653. The van der Waals surface area contributed by atoms with Crippen molar-refractivity contribution in [2.75, 3.05) is 6.26 Å². The second-order valence-electron chi connectivity index (χ2n) is 19.1. The molecule has 8 aromatic rings. The molecule has 11 heteroatoms. The van der Waals surface area contributed by atoms with Gasteiger partial charge >= 0.3 is 0 Å². The molecule has 0 saturated carbocycles. The van der Waals surface area contributed by atoms with Crippen LogP contribution >= 0.6 is 35.3 Å². The third-order valence-electron chi connectivity index (χ3n) is 15.0. The van der Waals surface area contributed by atoms with Gasteiger partial charge < -0.3 is 9.47 Å². The maximum atomic E-state index is 13.9. The summed E-state index contributed by atoms with van der Waals surface area (Å²) in [7, 11) is -7.45. The summed E-state index contributed by atoms with van der Waals surface area (Å²) in [5.41, 5.74) is 3.08. The standard InChI is InChI=1S/C63H64O6S5/c1-9-61(5,10-2)47-17-37-57(38-18-47)73(64,65)59-41-25-50(26-42-59)68-49-21-13-45(14-22-49)46-15-23-51(24-16-46)69-63(7,12-4)62(6,11-3)48-19-39-58(40-20-48)74(66,67)60-43-35-56(36-44-60)72-55-33-31-54(32-34-55)71-53-29-27-52(70-8)28-30-53/h13-44H,9-12H2,1-8H3. The molecule has 8 rings (SSSR count). The number of sulfone groups is 2. The Morgan fingerprint density at radius 2 is 0.703 bits per heavy atom. The second-order valence-corrected chi connectivity index (χ2v) is 26.2. The molecular weight excluding hydrogens is 1010 g/mol.